The maximum Gasteiger partial charge on any atom is 0.378 e. The first kappa shape index (κ1) is 16.8. The average Bonchev–Trinajstić information content (AvgIpc) is 2.34. The van der Waals surface area contributed by atoms with Crippen LogP contribution >= 0.6 is 21.6 Å². The number of ether oxygens (including phenoxy) is 2. The van der Waals surface area contributed by atoms with Gasteiger partial charge in [0.1, 0.15) is 0 Å². The number of unbranched alkanes of at least 4 members (excludes halogenated alkanes) is 2. The summed E-state index contributed by atoms with van der Waals surface area (Å²) in [6.45, 7) is 5.05. The number of hydrogen-bond acceptors (Lipinski definition) is 6. The zero-order valence-electron chi connectivity index (χ0n) is 10.3. The lowest BCUT2D eigenvalue weighted by atomic mass is 10.4. The van der Waals surface area contributed by atoms with Gasteiger partial charge in [-0.2, -0.15) is 0 Å². The summed E-state index contributed by atoms with van der Waals surface area (Å²) in [7, 11) is 2.01. The van der Waals surface area contributed by atoms with Gasteiger partial charge in [-0.3, -0.25) is 4.79 Å². The third-order valence-corrected chi connectivity index (χ3v) is 3.87. The molecule has 17 heavy (non-hydrogen) atoms. The van der Waals surface area contributed by atoms with E-state index in [9.17, 15) is 9.59 Å². The fourth-order valence-corrected chi connectivity index (χ4v) is 2.31. The van der Waals surface area contributed by atoms with Crippen molar-refractivity contribution in [1.29, 1.82) is 0 Å². The van der Waals surface area contributed by atoms with Crippen molar-refractivity contribution >= 4 is 33.2 Å². The zero-order valence-corrected chi connectivity index (χ0v) is 12.0. The van der Waals surface area contributed by atoms with Crippen LogP contribution in [-0.2, 0) is 14.3 Å². The van der Waals surface area contributed by atoms with Gasteiger partial charge in [0.15, 0.2) is 11.7 Å². The molecule has 0 aromatic rings. The Morgan fingerprint density at radius 2 is 1.88 bits per heavy atom. The molecule has 0 spiro atoms. The van der Waals surface area contributed by atoms with Crippen LogP contribution in [-0.4, -0.2) is 30.2 Å². The van der Waals surface area contributed by atoms with E-state index in [2.05, 4.69) is 0 Å². The molecule has 4 nitrogen and oxygen atoms in total. The van der Waals surface area contributed by atoms with E-state index in [0.717, 1.165) is 47.3 Å². The van der Waals surface area contributed by atoms with Crippen molar-refractivity contribution in [2.75, 3.05) is 13.2 Å². The van der Waals surface area contributed by atoms with Crippen LogP contribution in [0.5, 0.6) is 0 Å². The molecule has 0 saturated carbocycles. The van der Waals surface area contributed by atoms with Crippen LogP contribution < -0.4 is 0 Å². The zero-order chi connectivity index (χ0) is 12.9. The van der Waals surface area contributed by atoms with Gasteiger partial charge in [0.2, 0.25) is 0 Å². The highest BCUT2D eigenvalue weighted by Crippen LogP contribution is 2.28. The summed E-state index contributed by atoms with van der Waals surface area (Å²) in [6, 6.07) is 0. The molecule has 0 aliphatic rings. The van der Waals surface area contributed by atoms with E-state index >= 15 is 0 Å². The molecular weight excluding hydrogens is 260 g/mol. The number of aldehydes is 1. The Kier molecular flexibility index (Phi) is 12.1. The van der Waals surface area contributed by atoms with Gasteiger partial charge in [0.05, 0.1) is 6.61 Å². The minimum Gasteiger partial charge on any atom is -0.457 e. The lowest BCUT2D eigenvalue weighted by Gasteiger charge is -2.09. The van der Waals surface area contributed by atoms with Crippen LogP contribution in [0.15, 0.2) is 0 Å². The Bertz CT molecular complexity index is 212. The molecule has 0 saturated heterocycles. The van der Waals surface area contributed by atoms with Gasteiger partial charge >= 0.3 is 5.30 Å². The second kappa shape index (κ2) is 12.3. The third-order valence-electron chi connectivity index (χ3n) is 1.82. The quantitative estimate of drug-likeness (QED) is 0.200. The van der Waals surface area contributed by atoms with Crippen LogP contribution in [0.25, 0.3) is 0 Å². The Morgan fingerprint density at radius 1 is 1.24 bits per heavy atom. The standard InChI is InChI=1S/C11H20O4S2/c1-3-5-7-14-10(9-12)16-17-11(13)15-8-6-4-2/h9-10H,3-8H2,1-2H3. The van der Waals surface area contributed by atoms with Crippen LogP contribution in [0.4, 0.5) is 4.79 Å². The van der Waals surface area contributed by atoms with Crippen molar-refractivity contribution < 1.29 is 19.1 Å². The molecule has 0 bridgehead atoms. The molecule has 0 fully saturated rings. The van der Waals surface area contributed by atoms with Gasteiger partial charge < -0.3 is 9.47 Å². The Balaban J connectivity index is 3.59. The normalized spacial score (nSPS) is 12.1. The van der Waals surface area contributed by atoms with E-state index < -0.39 is 5.44 Å². The molecule has 0 aliphatic carbocycles. The van der Waals surface area contributed by atoms with Crippen LogP contribution in [0.2, 0.25) is 0 Å². The topological polar surface area (TPSA) is 52.6 Å². The van der Waals surface area contributed by atoms with Crippen LogP contribution in [0.1, 0.15) is 39.5 Å². The third kappa shape index (κ3) is 10.7. The fourth-order valence-electron chi connectivity index (χ4n) is 0.844. The second-order valence-corrected chi connectivity index (χ2v) is 5.59. The SMILES string of the molecule is CCCCOC(=O)SSC(C=O)OCCCC. The van der Waals surface area contributed by atoms with Gasteiger partial charge in [-0.15, -0.1) is 0 Å². The number of carbonyl (C=O) groups excluding carboxylic acids is 2. The minimum absolute atomic E-state index is 0.366. The Hall–Kier alpha value is -0.200. The van der Waals surface area contributed by atoms with E-state index in [1.165, 1.54) is 0 Å². The molecule has 0 N–H and O–H groups in total. The first-order chi connectivity index (χ1) is 8.24. The van der Waals surface area contributed by atoms with E-state index in [1.54, 1.807) is 0 Å². The molecule has 100 valence electrons. The van der Waals surface area contributed by atoms with Crippen molar-refractivity contribution in [1.82, 2.24) is 0 Å². The first-order valence-corrected chi connectivity index (χ1v) is 8.02. The predicted molar refractivity (Wildman–Crippen MR) is 72.2 cm³/mol. The molecule has 0 aliphatic heterocycles. The summed E-state index contributed by atoms with van der Waals surface area (Å²) in [6.07, 6.45) is 4.48. The van der Waals surface area contributed by atoms with Gasteiger partial charge in [0, 0.05) is 17.4 Å². The van der Waals surface area contributed by atoms with Crippen molar-refractivity contribution in [2.45, 2.75) is 45.0 Å². The minimum atomic E-state index is -0.592. The number of hydrogen-bond donors (Lipinski definition) is 0. The molecular formula is C11H20O4S2. The largest absolute Gasteiger partial charge is 0.457 e. The Morgan fingerprint density at radius 3 is 2.47 bits per heavy atom. The molecule has 1 atom stereocenters. The smallest absolute Gasteiger partial charge is 0.378 e. The van der Waals surface area contributed by atoms with E-state index in [1.807, 2.05) is 13.8 Å². The maximum atomic E-state index is 11.2. The number of rotatable bonds is 10. The van der Waals surface area contributed by atoms with Crippen molar-refractivity contribution in [3.63, 3.8) is 0 Å². The molecule has 0 aromatic heterocycles. The van der Waals surface area contributed by atoms with Crippen molar-refractivity contribution in [3.05, 3.63) is 0 Å². The van der Waals surface area contributed by atoms with Crippen LogP contribution in [0, 0.1) is 0 Å². The second-order valence-electron chi connectivity index (χ2n) is 3.36. The molecule has 0 rings (SSSR count). The summed E-state index contributed by atoms with van der Waals surface area (Å²) in [4.78, 5) is 21.9. The highest BCUT2D eigenvalue weighted by Gasteiger charge is 2.13. The molecule has 0 amide bonds. The number of carbonyl (C=O) groups is 2. The van der Waals surface area contributed by atoms with Crippen molar-refractivity contribution in [3.8, 4) is 0 Å². The lowest BCUT2D eigenvalue weighted by molar-refractivity contribution is -0.113. The van der Waals surface area contributed by atoms with Gasteiger partial charge in [-0.1, -0.05) is 26.7 Å². The fraction of sp³-hybridized carbons (Fsp3) is 0.818. The highest BCUT2D eigenvalue weighted by atomic mass is 33.1. The summed E-state index contributed by atoms with van der Waals surface area (Å²) in [5, 5.41) is -0.366. The Labute approximate surface area is 111 Å². The molecule has 0 aromatic carbocycles. The molecule has 6 heteroatoms. The van der Waals surface area contributed by atoms with Gasteiger partial charge in [-0.25, -0.2) is 4.79 Å². The summed E-state index contributed by atoms with van der Waals surface area (Å²) in [5.41, 5.74) is -0.592. The molecule has 0 heterocycles. The monoisotopic (exact) mass is 280 g/mol. The van der Waals surface area contributed by atoms with Crippen LogP contribution in [0.3, 0.4) is 0 Å². The molecule has 1 unspecified atom stereocenters. The lowest BCUT2D eigenvalue weighted by Crippen LogP contribution is -2.10. The van der Waals surface area contributed by atoms with Crippen molar-refractivity contribution in [2.24, 2.45) is 0 Å². The summed E-state index contributed by atoms with van der Waals surface area (Å²) < 4.78 is 10.2. The predicted octanol–water partition coefficient (Wildman–Crippen LogP) is 3.65. The van der Waals surface area contributed by atoms with E-state index in [4.69, 9.17) is 9.47 Å². The van der Waals surface area contributed by atoms with Gasteiger partial charge in [-0.05, 0) is 23.6 Å². The highest BCUT2D eigenvalue weighted by molar-refractivity contribution is 8.82. The first-order valence-electron chi connectivity index (χ1n) is 5.81. The molecule has 0 radical (unpaired) electrons. The summed E-state index contributed by atoms with van der Waals surface area (Å²) >= 11 is 0. The summed E-state index contributed by atoms with van der Waals surface area (Å²) in [5.74, 6) is 0. The van der Waals surface area contributed by atoms with Gasteiger partial charge in [0.25, 0.3) is 0 Å². The van der Waals surface area contributed by atoms with E-state index in [-0.39, 0.29) is 5.30 Å². The maximum absolute atomic E-state index is 11.2. The average molecular weight is 280 g/mol. The van der Waals surface area contributed by atoms with E-state index in [0.29, 0.717) is 19.5 Å².